The van der Waals surface area contributed by atoms with E-state index in [0.29, 0.717) is 0 Å². The Hall–Kier alpha value is 0.129. The van der Waals surface area contributed by atoms with E-state index < -0.39 is 72.8 Å². The Labute approximate surface area is 227 Å². The van der Waals surface area contributed by atoms with E-state index in [1.54, 1.807) is 0 Å². The predicted molar refractivity (Wildman–Crippen MR) is 82.0 cm³/mol. The average molecular weight is 788 g/mol. The topological polar surface area (TPSA) is 495 Å². The van der Waals surface area contributed by atoms with Gasteiger partial charge in [-0.05, 0) is 0 Å². The van der Waals surface area contributed by atoms with Crippen molar-refractivity contribution in [3.8, 4) is 0 Å². The Morgan fingerprint density at radius 3 is 0.405 bits per heavy atom. The van der Waals surface area contributed by atoms with Crippen LogP contribution in [0.4, 0.5) is 0 Å². The molecule has 230 valence electrons. The fourth-order valence-electron chi connectivity index (χ4n) is 0.140. The molecule has 0 aliphatic rings. The first kappa shape index (κ1) is 53.4. The van der Waals surface area contributed by atoms with Crippen LogP contribution in [0.2, 0.25) is 0 Å². The minimum Gasteiger partial charge on any atom is -0.759 e. The van der Waals surface area contributed by atoms with Gasteiger partial charge in [0.05, 0.1) is 0 Å². The molecule has 0 aromatic heterocycles. The Balaban J connectivity index is -0.0000000625. The molecule has 37 heavy (non-hydrogen) atoms. The molecule has 0 rings (SSSR count). The summed E-state index contributed by atoms with van der Waals surface area (Å²) in [6, 6.07) is 0. The zero-order valence-corrected chi connectivity index (χ0v) is 23.1. The molecule has 0 bridgehead atoms. The van der Waals surface area contributed by atoms with Gasteiger partial charge < -0.3 is 27.3 Å². The van der Waals surface area contributed by atoms with E-state index in [4.69, 9.17) is 70.8 Å². The van der Waals surface area contributed by atoms with Crippen LogP contribution in [0.5, 0.6) is 0 Å². The van der Waals surface area contributed by atoms with Crippen LogP contribution in [-0.4, -0.2) is 104 Å². The maximum Gasteiger partial charge on any atom is 3.00 e. The van der Waals surface area contributed by atoms with Gasteiger partial charge in [0, 0.05) is 31.2 Å². The molecule has 0 aliphatic heterocycles. The maximum atomic E-state index is 9.51. The third kappa shape index (κ3) is 211. The molecular formula is H4Fe2O28S7. The zero-order chi connectivity index (χ0) is 30.3. The molecule has 0 aromatic rings. The molecule has 0 saturated carbocycles. The summed E-state index contributed by atoms with van der Waals surface area (Å²) in [5.74, 6) is 0. The van der Waals surface area contributed by atoms with Crippen molar-refractivity contribution in [2.45, 2.75) is 0 Å². The maximum absolute atomic E-state index is 9.51. The van der Waals surface area contributed by atoms with E-state index in [9.17, 15) is 33.7 Å². The molecule has 0 unspecified atom stereocenters. The SMILES string of the molecule is O=S(=O)(O)OOS(=O)(=O)O.O=S(=O)(O)OOS(=O)(=O)O.O=S(=O)([O-])[O-].O=S(=O)([O-])[O-].O=S(=O)([O-])[O-].[Fe+3].[Fe+3]. The second-order valence-corrected chi connectivity index (χ2v) is 9.62. The molecular weight excluding hydrogens is 784 g/mol. The summed E-state index contributed by atoms with van der Waals surface area (Å²) in [6.07, 6.45) is 0. The van der Waals surface area contributed by atoms with Crippen LogP contribution in [0.15, 0.2) is 0 Å². The van der Waals surface area contributed by atoms with Gasteiger partial charge in [-0.25, -0.2) is 0 Å². The smallest absolute Gasteiger partial charge is 0.759 e. The molecule has 0 fully saturated rings. The molecule has 0 atom stereocenters. The third-order valence-electron chi connectivity index (χ3n) is 0.399. The van der Waals surface area contributed by atoms with E-state index in [1.807, 2.05) is 0 Å². The average Bonchev–Trinajstić information content (AvgIpc) is 2.35. The first-order chi connectivity index (χ1) is 14.4. The molecule has 4 N–H and O–H groups in total. The van der Waals surface area contributed by atoms with Crippen LogP contribution in [0.3, 0.4) is 0 Å². The van der Waals surface area contributed by atoms with Crippen molar-refractivity contribution >= 4 is 72.8 Å². The van der Waals surface area contributed by atoms with Crippen LogP contribution in [-0.2, 0) is 124 Å². The van der Waals surface area contributed by atoms with Crippen molar-refractivity contribution in [3.05, 3.63) is 0 Å². The van der Waals surface area contributed by atoms with Gasteiger partial charge in [-0.2, -0.15) is 33.7 Å². The van der Waals surface area contributed by atoms with Gasteiger partial charge in [0.15, 0.2) is 0 Å². The first-order valence-electron chi connectivity index (χ1n) is 5.06. The van der Waals surface area contributed by atoms with Gasteiger partial charge in [0.2, 0.25) is 0 Å². The van der Waals surface area contributed by atoms with Gasteiger partial charge in [-0.1, -0.05) is 17.3 Å². The van der Waals surface area contributed by atoms with Crippen LogP contribution >= 0.6 is 0 Å². The normalized spacial score (nSPS) is 11.9. The van der Waals surface area contributed by atoms with Crippen molar-refractivity contribution in [1.82, 2.24) is 0 Å². The Bertz CT molecular complexity index is 1110. The van der Waals surface area contributed by atoms with Gasteiger partial charge >= 0.3 is 75.7 Å². The van der Waals surface area contributed by atoms with Crippen LogP contribution in [0, 0.1) is 0 Å². The Morgan fingerprint density at radius 2 is 0.378 bits per heavy atom. The van der Waals surface area contributed by atoms with Gasteiger partial charge in [-0.15, -0.1) is 0 Å². The molecule has 0 spiro atoms. The van der Waals surface area contributed by atoms with Gasteiger partial charge in [-0.3, -0.25) is 43.5 Å². The predicted octanol–water partition coefficient (Wildman–Crippen LogP) is -6.94. The molecule has 0 amide bonds. The second-order valence-electron chi connectivity index (χ2n) is 3.21. The summed E-state index contributed by atoms with van der Waals surface area (Å²) >= 11 is 0. The first-order valence-corrected chi connectivity index (χ1v) is 14.5. The third-order valence-corrected chi connectivity index (χ3v) is 1.53. The van der Waals surface area contributed by atoms with Crippen LogP contribution in [0.25, 0.3) is 0 Å². The molecule has 2 radical (unpaired) electrons. The van der Waals surface area contributed by atoms with Gasteiger partial charge in [0.1, 0.15) is 0 Å². The summed E-state index contributed by atoms with van der Waals surface area (Å²) < 4.78 is 220. The number of hydrogen-bond acceptors (Lipinski definition) is 24. The van der Waals surface area contributed by atoms with Gasteiger partial charge in [0.25, 0.3) is 0 Å². The minimum atomic E-state index is -5.17. The monoisotopic (exact) mass is 788 g/mol. The minimum absolute atomic E-state index is 0. The summed E-state index contributed by atoms with van der Waals surface area (Å²) in [5.41, 5.74) is 0. The van der Waals surface area contributed by atoms with E-state index in [2.05, 4.69) is 17.3 Å². The molecule has 37 heteroatoms. The standard InChI is InChI=1S/2Fe.2H2O8S2.3H2O4S/c;;2*1-9(2,3)7-8-10(4,5)6;3*1-5(2,3)4/h;;2*(H,1,2,3)(H,4,5,6);3*(H2,1,2,3,4)/q2*+3;;;;;/p-6. The Kier molecular flexibility index (Phi) is 30.2. The Morgan fingerprint density at radius 1 is 0.324 bits per heavy atom. The zero-order valence-electron chi connectivity index (χ0n) is 15.2. The quantitative estimate of drug-likeness (QED) is 0.0638. The van der Waals surface area contributed by atoms with Crippen LogP contribution in [0.1, 0.15) is 0 Å². The van der Waals surface area contributed by atoms with Crippen molar-refractivity contribution < 1.29 is 156 Å². The number of rotatable bonds is 6. The van der Waals surface area contributed by atoms with Crippen molar-refractivity contribution in [2.24, 2.45) is 0 Å². The second kappa shape index (κ2) is 21.0. The molecule has 0 aromatic carbocycles. The van der Waals surface area contributed by atoms with Crippen molar-refractivity contribution in [3.63, 3.8) is 0 Å². The van der Waals surface area contributed by atoms with E-state index in [0.717, 1.165) is 0 Å². The summed E-state index contributed by atoms with van der Waals surface area (Å²) in [4.78, 5) is 0. The van der Waals surface area contributed by atoms with Crippen molar-refractivity contribution in [2.75, 3.05) is 0 Å². The fourth-order valence-corrected chi connectivity index (χ4v) is 1.26. The van der Waals surface area contributed by atoms with E-state index in [1.165, 1.54) is 0 Å². The van der Waals surface area contributed by atoms with E-state index in [-0.39, 0.29) is 34.1 Å². The molecule has 0 heterocycles. The fraction of sp³-hybridized carbons (Fsp3) is 0. The molecule has 0 saturated heterocycles. The summed E-state index contributed by atoms with van der Waals surface area (Å²) in [5, 5.41) is 0. The summed E-state index contributed by atoms with van der Waals surface area (Å²) in [6.45, 7) is 0. The van der Waals surface area contributed by atoms with Crippen molar-refractivity contribution in [1.29, 1.82) is 0 Å². The van der Waals surface area contributed by atoms with Crippen LogP contribution < -0.4 is 0 Å². The summed E-state index contributed by atoms with van der Waals surface area (Å²) in [7, 11) is -35.6. The number of hydrogen-bond donors (Lipinski definition) is 4. The molecule has 0 aliphatic carbocycles. The molecule has 28 nitrogen and oxygen atoms in total. The largest absolute Gasteiger partial charge is 3.00 e. The van der Waals surface area contributed by atoms with E-state index >= 15 is 0 Å².